The molecule has 0 saturated carbocycles. The number of para-hydroxylation sites is 1. The van der Waals surface area contributed by atoms with Crippen LogP contribution in [-0.2, 0) is 5.41 Å². The van der Waals surface area contributed by atoms with E-state index < -0.39 is 5.41 Å². The maximum Gasteiger partial charge on any atom is 0.152 e. The van der Waals surface area contributed by atoms with Crippen molar-refractivity contribution in [2.24, 2.45) is 0 Å². The van der Waals surface area contributed by atoms with Crippen LogP contribution in [0.1, 0.15) is 33.4 Å². The first kappa shape index (κ1) is 24.2. The van der Waals surface area contributed by atoms with Gasteiger partial charge in [-0.2, -0.15) is 10.5 Å². The minimum atomic E-state index is -0.667. The molecule has 0 fully saturated rings. The molecule has 0 amide bonds. The van der Waals surface area contributed by atoms with Crippen LogP contribution in [0.2, 0.25) is 0 Å². The van der Waals surface area contributed by atoms with Crippen molar-refractivity contribution in [3.8, 4) is 46.5 Å². The molecule has 44 heavy (non-hydrogen) atoms. The van der Waals surface area contributed by atoms with Crippen LogP contribution in [0, 0.1) is 22.7 Å². The highest BCUT2D eigenvalue weighted by Crippen LogP contribution is 2.62. The van der Waals surface area contributed by atoms with Gasteiger partial charge in [0.1, 0.15) is 11.5 Å². The van der Waals surface area contributed by atoms with Crippen LogP contribution in [0.25, 0.3) is 11.4 Å². The Morgan fingerprint density at radius 3 is 1.75 bits per heavy atom. The molecule has 2 aromatic heterocycles. The van der Waals surface area contributed by atoms with Gasteiger partial charge in [-0.3, -0.25) is 9.97 Å². The van der Waals surface area contributed by atoms with Gasteiger partial charge < -0.3 is 14.4 Å². The number of aromatic nitrogens is 2. The normalized spacial score (nSPS) is 13.9. The van der Waals surface area contributed by atoms with Crippen molar-refractivity contribution in [3.63, 3.8) is 0 Å². The molecule has 7 heteroatoms. The molecule has 204 valence electrons. The monoisotopic (exact) mass is 565 g/mol. The smallest absolute Gasteiger partial charge is 0.152 e. The molecule has 0 bridgehead atoms. The van der Waals surface area contributed by atoms with Crippen molar-refractivity contribution in [2.45, 2.75) is 5.41 Å². The Balaban J connectivity index is 1.31. The third-order valence-electron chi connectivity index (χ3n) is 8.67. The van der Waals surface area contributed by atoms with Crippen LogP contribution in [-0.4, -0.2) is 9.97 Å². The molecule has 1 aliphatic carbocycles. The number of anilines is 3. The maximum atomic E-state index is 9.56. The third kappa shape index (κ3) is 3.07. The summed E-state index contributed by atoms with van der Waals surface area (Å²) in [6.45, 7) is 0. The summed E-state index contributed by atoms with van der Waals surface area (Å²) in [6, 6.07) is 37.8. The molecule has 0 radical (unpaired) electrons. The fraction of sp³-hybridized carbons (Fsp3) is 0.0270. The van der Waals surface area contributed by atoms with Crippen LogP contribution in [0.3, 0.4) is 0 Å². The number of rotatable bonds is 1. The molecule has 7 nitrogen and oxygen atoms in total. The van der Waals surface area contributed by atoms with E-state index in [-0.39, 0.29) is 0 Å². The molecule has 0 N–H and O–H groups in total. The Bertz CT molecular complexity index is 2190. The number of ether oxygens (including phenoxy) is 2. The second-order valence-electron chi connectivity index (χ2n) is 10.9. The van der Waals surface area contributed by atoms with Crippen molar-refractivity contribution in [2.75, 3.05) is 4.90 Å². The summed E-state index contributed by atoms with van der Waals surface area (Å²) in [5.74, 6) is 2.54. The van der Waals surface area contributed by atoms with Crippen LogP contribution in [0.4, 0.5) is 17.1 Å². The van der Waals surface area contributed by atoms with Gasteiger partial charge in [0, 0.05) is 41.7 Å². The number of benzene rings is 4. The number of hydrogen-bond donors (Lipinski definition) is 0. The second kappa shape index (κ2) is 8.78. The Morgan fingerprint density at radius 2 is 1.11 bits per heavy atom. The second-order valence-corrected chi connectivity index (χ2v) is 10.9. The number of pyridine rings is 2. The maximum absolute atomic E-state index is 9.56. The SMILES string of the molecule is N#Cc1ccc2c(c1)Oc1cc(C#N)ccc1N2c1ccc2c(c1)Oc1ccccc1C21c2cccnc2-c2ncccc21. The van der Waals surface area contributed by atoms with Crippen molar-refractivity contribution < 1.29 is 9.47 Å². The summed E-state index contributed by atoms with van der Waals surface area (Å²) in [6.07, 6.45) is 3.63. The fourth-order valence-corrected chi connectivity index (χ4v) is 6.92. The molecular weight excluding hydrogens is 546 g/mol. The van der Waals surface area contributed by atoms with E-state index >= 15 is 0 Å². The number of nitriles is 2. The lowest BCUT2D eigenvalue weighted by Gasteiger charge is -2.40. The third-order valence-corrected chi connectivity index (χ3v) is 8.67. The van der Waals surface area contributed by atoms with E-state index in [1.807, 2.05) is 60.9 Å². The fourth-order valence-electron chi connectivity index (χ4n) is 6.92. The van der Waals surface area contributed by atoms with Crippen molar-refractivity contribution in [3.05, 3.63) is 149 Å². The minimum absolute atomic E-state index is 0.483. The molecule has 6 aromatic rings. The first-order valence-corrected chi connectivity index (χ1v) is 14.1. The van der Waals surface area contributed by atoms with Crippen LogP contribution < -0.4 is 14.4 Å². The van der Waals surface area contributed by atoms with Gasteiger partial charge in [-0.25, -0.2) is 0 Å². The van der Waals surface area contributed by atoms with E-state index in [0.29, 0.717) is 28.4 Å². The molecule has 1 spiro atoms. The van der Waals surface area contributed by atoms with E-state index in [0.717, 1.165) is 56.5 Å². The Labute approximate surface area is 252 Å². The zero-order valence-electron chi connectivity index (χ0n) is 23.0. The molecule has 0 unspecified atom stereocenters. The van der Waals surface area contributed by atoms with Crippen molar-refractivity contribution in [1.29, 1.82) is 10.5 Å². The van der Waals surface area contributed by atoms with Crippen LogP contribution >= 0.6 is 0 Å². The summed E-state index contributed by atoms with van der Waals surface area (Å²) < 4.78 is 12.9. The summed E-state index contributed by atoms with van der Waals surface area (Å²) >= 11 is 0. The highest BCUT2D eigenvalue weighted by molar-refractivity contribution is 5.89. The molecule has 9 rings (SSSR count). The average Bonchev–Trinajstić information content (AvgIpc) is 3.37. The molecule has 3 aliphatic rings. The van der Waals surface area contributed by atoms with Gasteiger partial charge in [-0.1, -0.05) is 36.4 Å². The zero-order valence-corrected chi connectivity index (χ0v) is 23.0. The largest absolute Gasteiger partial charge is 0.457 e. The Kier molecular flexibility index (Phi) is 4.83. The van der Waals surface area contributed by atoms with Crippen LogP contribution in [0.5, 0.6) is 23.0 Å². The molecule has 4 heterocycles. The highest BCUT2D eigenvalue weighted by Gasteiger charge is 2.52. The standard InChI is InChI=1S/C37H19N5O2/c38-20-22-9-13-29-33(17-22)44-34-18-23(21-39)10-14-30(34)42(29)24-11-12-26-32(19-24)43-31-8-2-1-5-25(31)37(26)27-6-3-15-40-35(27)36-28(37)7-4-16-41-36/h1-19H. The summed E-state index contributed by atoms with van der Waals surface area (Å²) in [5, 5.41) is 19.1. The predicted molar refractivity (Wildman–Crippen MR) is 164 cm³/mol. The lowest BCUT2D eigenvalue weighted by Crippen LogP contribution is -2.32. The lowest BCUT2D eigenvalue weighted by atomic mass is 9.66. The number of hydrogen-bond acceptors (Lipinski definition) is 7. The predicted octanol–water partition coefficient (Wildman–Crippen LogP) is 8.26. The first-order valence-electron chi connectivity index (χ1n) is 14.1. The Hall–Kier alpha value is -6.44. The van der Waals surface area contributed by atoms with Gasteiger partial charge in [0.15, 0.2) is 11.5 Å². The Morgan fingerprint density at radius 1 is 0.545 bits per heavy atom. The summed E-state index contributed by atoms with van der Waals surface area (Å²) in [7, 11) is 0. The van der Waals surface area contributed by atoms with Gasteiger partial charge in [-0.05, 0) is 59.7 Å². The first-order chi connectivity index (χ1) is 21.7. The van der Waals surface area contributed by atoms with E-state index in [9.17, 15) is 10.5 Å². The van der Waals surface area contributed by atoms with E-state index in [1.54, 1.807) is 24.3 Å². The van der Waals surface area contributed by atoms with E-state index in [1.165, 1.54) is 0 Å². The van der Waals surface area contributed by atoms with Crippen molar-refractivity contribution >= 4 is 17.1 Å². The molecule has 4 aromatic carbocycles. The molecule has 0 saturated heterocycles. The molecule has 2 aliphatic heterocycles. The minimum Gasteiger partial charge on any atom is -0.457 e. The summed E-state index contributed by atoms with van der Waals surface area (Å²) in [5.41, 5.74) is 8.59. The van der Waals surface area contributed by atoms with Crippen LogP contribution in [0.15, 0.2) is 116 Å². The highest BCUT2D eigenvalue weighted by atomic mass is 16.5. The number of nitrogens with zero attached hydrogens (tertiary/aromatic N) is 5. The van der Waals surface area contributed by atoms with Gasteiger partial charge in [0.05, 0.1) is 57.1 Å². The molecule has 0 atom stereocenters. The quantitative estimate of drug-likeness (QED) is 0.198. The number of fused-ring (bicyclic) bond motifs is 11. The van der Waals surface area contributed by atoms with Gasteiger partial charge in [0.25, 0.3) is 0 Å². The molecular formula is C37H19N5O2. The lowest BCUT2D eigenvalue weighted by molar-refractivity contribution is 0.436. The average molecular weight is 566 g/mol. The topological polar surface area (TPSA) is 95.1 Å². The van der Waals surface area contributed by atoms with Gasteiger partial charge in [-0.15, -0.1) is 0 Å². The van der Waals surface area contributed by atoms with E-state index in [4.69, 9.17) is 19.4 Å². The van der Waals surface area contributed by atoms with Gasteiger partial charge in [0.2, 0.25) is 0 Å². The van der Waals surface area contributed by atoms with Crippen molar-refractivity contribution in [1.82, 2.24) is 9.97 Å². The summed E-state index contributed by atoms with van der Waals surface area (Å²) in [4.78, 5) is 11.7. The van der Waals surface area contributed by atoms with E-state index in [2.05, 4.69) is 47.4 Å². The zero-order chi connectivity index (χ0) is 29.4. The van der Waals surface area contributed by atoms with Gasteiger partial charge >= 0.3 is 0 Å².